The number of amides is 1. The molecule has 0 aromatic heterocycles. The molecule has 0 saturated heterocycles. The Kier molecular flexibility index (Phi) is 9.45. The first-order chi connectivity index (χ1) is 13.9. The molecule has 1 aromatic rings. The molecule has 6 nitrogen and oxygen atoms in total. The standard InChI is InChI=1S/C23H39N5O/c1-17(2)28(18(3)4)14-8-13-25-23(24-5)26-16-19-9-6-12-21(15-19)27-22(29)20-10-7-11-20/h6,9,12,15,17-18,20H,7-8,10-11,13-14,16H2,1-5H3,(H,27,29)(H2,24,25,26). The number of hydrogen-bond donors (Lipinski definition) is 3. The number of carbonyl (C=O) groups is 1. The lowest BCUT2D eigenvalue weighted by Crippen LogP contribution is -2.41. The molecule has 0 aliphatic heterocycles. The van der Waals surface area contributed by atoms with E-state index in [4.69, 9.17) is 0 Å². The lowest BCUT2D eigenvalue weighted by molar-refractivity contribution is -0.122. The van der Waals surface area contributed by atoms with Gasteiger partial charge in [0.1, 0.15) is 0 Å². The van der Waals surface area contributed by atoms with Gasteiger partial charge in [-0.1, -0.05) is 18.6 Å². The van der Waals surface area contributed by atoms with Crippen LogP contribution in [0.25, 0.3) is 0 Å². The first kappa shape index (κ1) is 23.2. The van der Waals surface area contributed by atoms with E-state index in [1.807, 2.05) is 18.2 Å². The molecule has 0 unspecified atom stereocenters. The van der Waals surface area contributed by atoms with Crippen LogP contribution < -0.4 is 16.0 Å². The van der Waals surface area contributed by atoms with Gasteiger partial charge in [-0.2, -0.15) is 0 Å². The van der Waals surface area contributed by atoms with Crippen LogP contribution in [0.4, 0.5) is 5.69 Å². The summed E-state index contributed by atoms with van der Waals surface area (Å²) in [6.45, 7) is 11.6. The number of nitrogens with one attached hydrogen (secondary N) is 3. The van der Waals surface area contributed by atoms with E-state index in [1.165, 1.54) is 6.42 Å². The summed E-state index contributed by atoms with van der Waals surface area (Å²) in [6.07, 6.45) is 4.27. The molecule has 0 heterocycles. The van der Waals surface area contributed by atoms with Gasteiger partial charge < -0.3 is 16.0 Å². The third-order valence-electron chi connectivity index (χ3n) is 5.57. The van der Waals surface area contributed by atoms with Crippen LogP contribution in [0.15, 0.2) is 29.3 Å². The highest BCUT2D eigenvalue weighted by Gasteiger charge is 2.25. The molecule has 1 aromatic carbocycles. The van der Waals surface area contributed by atoms with Gasteiger partial charge in [-0.25, -0.2) is 0 Å². The fourth-order valence-corrected chi connectivity index (χ4v) is 3.66. The maximum absolute atomic E-state index is 12.1. The van der Waals surface area contributed by atoms with Crippen molar-refractivity contribution in [2.24, 2.45) is 10.9 Å². The molecule has 0 spiro atoms. The highest BCUT2D eigenvalue weighted by Crippen LogP contribution is 2.27. The Morgan fingerprint density at radius 3 is 2.48 bits per heavy atom. The monoisotopic (exact) mass is 401 g/mol. The average molecular weight is 402 g/mol. The number of anilines is 1. The molecule has 1 amide bonds. The molecule has 1 fully saturated rings. The minimum Gasteiger partial charge on any atom is -0.356 e. The Balaban J connectivity index is 1.74. The zero-order valence-electron chi connectivity index (χ0n) is 18.8. The largest absolute Gasteiger partial charge is 0.356 e. The molecule has 29 heavy (non-hydrogen) atoms. The predicted octanol–water partition coefficient (Wildman–Crippen LogP) is 3.60. The normalized spacial score (nSPS) is 15.0. The van der Waals surface area contributed by atoms with E-state index < -0.39 is 0 Å². The highest BCUT2D eigenvalue weighted by atomic mass is 16.1. The van der Waals surface area contributed by atoms with Crippen molar-refractivity contribution in [1.29, 1.82) is 0 Å². The van der Waals surface area contributed by atoms with Crippen LogP contribution in [0.5, 0.6) is 0 Å². The van der Waals surface area contributed by atoms with E-state index in [0.29, 0.717) is 18.6 Å². The Morgan fingerprint density at radius 1 is 1.17 bits per heavy atom. The number of benzene rings is 1. The minimum absolute atomic E-state index is 0.149. The van der Waals surface area contributed by atoms with Crippen LogP contribution in [-0.2, 0) is 11.3 Å². The second-order valence-corrected chi connectivity index (χ2v) is 8.45. The summed E-state index contributed by atoms with van der Waals surface area (Å²) in [7, 11) is 1.79. The summed E-state index contributed by atoms with van der Waals surface area (Å²) in [5.41, 5.74) is 1.98. The molecule has 1 saturated carbocycles. The number of nitrogens with zero attached hydrogens (tertiary/aromatic N) is 2. The van der Waals surface area contributed by atoms with Crippen LogP contribution in [0.3, 0.4) is 0 Å². The topological polar surface area (TPSA) is 68.8 Å². The van der Waals surface area contributed by atoms with Gasteiger partial charge in [0, 0.05) is 50.4 Å². The van der Waals surface area contributed by atoms with Crippen LogP contribution in [-0.4, -0.2) is 49.0 Å². The number of aliphatic imine (C=N–C) groups is 1. The smallest absolute Gasteiger partial charge is 0.227 e. The SMILES string of the molecule is CN=C(NCCCN(C(C)C)C(C)C)NCc1cccc(NC(=O)C2CCC2)c1. The summed E-state index contributed by atoms with van der Waals surface area (Å²) >= 11 is 0. The minimum atomic E-state index is 0.149. The Hall–Kier alpha value is -2.08. The molecule has 1 aliphatic rings. The summed E-state index contributed by atoms with van der Waals surface area (Å²) < 4.78 is 0. The summed E-state index contributed by atoms with van der Waals surface area (Å²) in [5, 5.41) is 9.79. The Labute approximate surface area is 176 Å². The summed E-state index contributed by atoms with van der Waals surface area (Å²) in [4.78, 5) is 19.0. The van der Waals surface area contributed by atoms with E-state index in [1.54, 1.807) is 7.05 Å². The molecule has 0 radical (unpaired) electrons. The molecule has 2 rings (SSSR count). The van der Waals surface area contributed by atoms with Gasteiger partial charge in [0.25, 0.3) is 0 Å². The van der Waals surface area contributed by atoms with Gasteiger partial charge in [-0.15, -0.1) is 0 Å². The third-order valence-corrected chi connectivity index (χ3v) is 5.57. The average Bonchev–Trinajstić information content (AvgIpc) is 2.62. The third kappa shape index (κ3) is 7.69. The lowest BCUT2D eigenvalue weighted by Gasteiger charge is -2.30. The van der Waals surface area contributed by atoms with Crippen molar-refractivity contribution in [3.8, 4) is 0 Å². The predicted molar refractivity (Wildman–Crippen MR) is 122 cm³/mol. The van der Waals surface area contributed by atoms with E-state index in [-0.39, 0.29) is 11.8 Å². The van der Waals surface area contributed by atoms with Gasteiger partial charge in [0.15, 0.2) is 5.96 Å². The fraction of sp³-hybridized carbons (Fsp3) is 0.652. The second-order valence-electron chi connectivity index (χ2n) is 8.45. The number of hydrogen-bond acceptors (Lipinski definition) is 3. The fourth-order valence-electron chi connectivity index (χ4n) is 3.66. The summed E-state index contributed by atoms with van der Waals surface area (Å²) in [5.74, 6) is 1.15. The van der Waals surface area contributed by atoms with Gasteiger partial charge in [0.05, 0.1) is 0 Å². The van der Waals surface area contributed by atoms with Crippen molar-refractivity contribution in [1.82, 2.24) is 15.5 Å². The molecule has 6 heteroatoms. The number of guanidine groups is 1. The number of rotatable bonds is 10. The molecule has 3 N–H and O–H groups in total. The maximum Gasteiger partial charge on any atom is 0.227 e. The van der Waals surface area contributed by atoms with E-state index in [9.17, 15) is 4.79 Å². The van der Waals surface area contributed by atoms with Crippen LogP contribution in [0.1, 0.15) is 58.9 Å². The van der Waals surface area contributed by atoms with Crippen LogP contribution in [0.2, 0.25) is 0 Å². The number of carbonyl (C=O) groups excluding carboxylic acids is 1. The highest BCUT2D eigenvalue weighted by molar-refractivity contribution is 5.93. The molecular formula is C23H39N5O. The second kappa shape index (κ2) is 11.8. The van der Waals surface area contributed by atoms with Gasteiger partial charge in [-0.3, -0.25) is 14.7 Å². The van der Waals surface area contributed by atoms with E-state index in [2.05, 4.69) is 59.6 Å². The quantitative estimate of drug-likeness (QED) is 0.318. The van der Waals surface area contributed by atoms with Crippen molar-refractivity contribution in [3.05, 3.63) is 29.8 Å². The Morgan fingerprint density at radius 2 is 1.90 bits per heavy atom. The van der Waals surface area contributed by atoms with Gasteiger partial charge in [0.2, 0.25) is 5.91 Å². The zero-order valence-corrected chi connectivity index (χ0v) is 18.8. The molecule has 0 atom stereocenters. The molecule has 162 valence electrons. The van der Waals surface area contributed by atoms with Gasteiger partial charge in [-0.05, 0) is 64.7 Å². The molecule has 0 bridgehead atoms. The summed E-state index contributed by atoms with van der Waals surface area (Å²) in [6, 6.07) is 9.13. The van der Waals surface area contributed by atoms with Crippen LogP contribution >= 0.6 is 0 Å². The van der Waals surface area contributed by atoms with E-state index in [0.717, 1.165) is 49.6 Å². The van der Waals surface area contributed by atoms with E-state index >= 15 is 0 Å². The van der Waals surface area contributed by atoms with Crippen molar-refractivity contribution < 1.29 is 4.79 Å². The molecular weight excluding hydrogens is 362 g/mol. The van der Waals surface area contributed by atoms with Crippen molar-refractivity contribution in [2.75, 3.05) is 25.5 Å². The van der Waals surface area contributed by atoms with Crippen molar-refractivity contribution in [3.63, 3.8) is 0 Å². The maximum atomic E-state index is 12.1. The zero-order chi connectivity index (χ0) is 21.2. The first-order valence-corrected chi connectivity index (χ1v) is 11.0. The lowest BCUT2D eigenvalue weighted by atomic mass is 9.85. The van der Waals surface area contributed by atoms with Crippen LogP contribution in [0, 0.1) is 5.92 Å². The Bertz CT molecular complexity index is 659. The first-order valence-electron chi connectivity index (χ1n) is 11.0. The van der Waals surface area contributed by atoms with Crippen molar-refractivity contribution in [2.45, 2.75) is 72.0 Å². The molecule has 1 aliphatic carbocycles. The van der Waals surface area contributed by atoms with Gasteiger partial charge >= 0.3 is 0 Å². The van der Waals surface area contributed by atoms with Crippen molar-refractivity contribution >= 4 is 17.6 Å².